The smallest absolute Gasteiger partial charge is 0.126 e. The van der Waals surface area contributed by atoms with E-state index in [1.807, 2.05) is 18.2 Å². The Morgan fingerprint density at radius 1 is 1.06 bits per heavy atom. The molecular formula is C15H14N2. The van der Waals surface area contributed by atoms with E-state index in [1.54, 1.807) is 0 Å². The largest absolute Gasteiger partial charge is 0.359 e. The molecule has 0 bridgehead atoms. The summed E-state index contributed by atoms with van der Waals surface area (Å²) in [6.07, 6.45) is 0. The maximum atomic E-state index is 7.95. The predicted octanol–water partition coefficient (Wildman–Crippen LogP) is 3.01. The molecule has 2 heteroatoms. The molecule has 1 heterocycles. The van der Waals surface area contributed by atoms with Crippen molar-refractivity contribution in [1.29, 1.82) is 5.41 Å². The molecule has 0 saturated carbocycles. The molecule has 17 heavy (non-hydrogen) atoms. The number of benzene rings is 2. The maximum absolute atomic E-state index is 7.95. The summed E-state index contributed by atoms with van der Waals surface area (Å²) >= 11 is 0. The standard InChI is InChI=1S/C15H14N2/c1-10-5-4-6-11(9-10)14-12-7-2-3-8-13(12)15(16)17-14/h2-9,14H,1H3,(H2,16,17). The lowest BCUT2D eigenvalue weighted by Crippen LogP contribution is -2.19. The fourth-order valence-corrected chi connectivity index (χ4v) is 2.39. The van der Waals surface area contributed by atoms with E-state index in [4.69, 9.17) is 5.41 Å². The highest BCUT2D eigenvalue weighted by Crippen LogP contribution is 2.30. The SMILES string of the molecule is Cc1cccc(C2NC(=N)c3ccccc32)c1. The van der Waals surface area contributed by atoms with Crippen LogP contribution in [0.15, 0.2) is 48.5 Å². The van der Waals surface area contributed by atoms with Crippen molar-refractivity contribution in [2.24, 2.45) is 0 Å². The molecular weight excluding hydrogens is 208 g/mol. The van der Waals surface area contributed by atoms with Crippen LogP contribution in [-0.4, -0.2) is 5.84 Å². The van der Waals surface area contributed by atoms with Gasteiger partial charge in [-0.25, -0.2) is 0 Å². The lowest BCUT2D eigenvalue weighted by molar-refractivity contribution is 0.792. The van der Waals surface area contributed by atoms with Gasteiger partial charge in [0.25, 0.3) is 0 Å². The minimum absolute atomic E-state index is 0.124. The van der Waals surface area contributed by atoms with Gasteiger partial charge in [-0.1, -0.05) is 54.1 Å². The van der Waals surface area contributed by atoms with Crippen LogP contribution in [0.5, 0.6) is 0 Å². The minimum Gasteiger partial charge on any atom is -0.359 e. The third-order valence-electron chi connectivity index (χ3n) is 3.21. The van der Waals surface area contributed by atoms with E-state index in [0.29, 0.717) is 5.84 Å². The number of aryl methyl sites for hydroxylation is 1. The average molecular weight is 222 g/mol. The molecule has 1 aliphatic heterocycles. The zero-order valence-electron chi connectivity index (χ0n) is 9.70. The van der Waals surface area contributed by atoms with Gasteiger partial charge in [0.15, 0.2) is 0 Å². The van der Waals surface area contributed by atoms with Crippen molar-refractivity contribution < 1.29 is 0 Å². The van der Waals surface area contributed by atoms with Crippen LogP contribution in [0.25, 0.3) is 0 Å². The van der Waals surface area contributed by atoms with Gasteiger partial charge >= 0.3 is 0 Å². The van der Waals surface area contributed by atoms with E-state index in [9.17, 15) is 0 Å². The number of amidine groups is 1. The van der Waals surface area contributed by atoms with Gasteiger partial charge in [0, 0.05) is 5.56 Å². The second-order valence-electron chi connectivity index (χ2n) is 4.45. The van der Waals surface area contributed by atoms with E-state index in [2.05, 4.69) is 42.6 Å². The molecule has 2 aromatic carbocycles. The Labute approximate surface area is 101 Å². The Morgan fingerprint density at radius 3 is 2.71 bits per heavy atom. The summed E-state index contributed by atoms with van der Waals surface area (Å²) in [5, 5.41) is 11.2. The summed E-state index contributed by atoms with van der Waals surface area (Å²) in [4.78, 5) is 0. The molecule has 0 aliphatic carbocycles. The molecule has 0 radical (unpaired) electrons. The second-order valence-corrected chi connectivity index (χ2v) is 4.45. The van der Waals surface area contributed by atoms with E-state index in [1.165, 1.54) is 16.7 Å². The highest BCUT2D eigenvalue weighted by atomic mass is 15.0. The Bertz CT molecular complexity index is 587. The van der Waals surface area contributed by atoms with Crippen LogP contribution in [-0.2, 0) is 0 Å². The first-order valence-electron chi connectivity index (χ1n) is 5.76. The highest BCUT2D eigenvalue weighted by Gasteiger charge is 2.26. The minimum atomic E-state index is 0.124. The molecule has 0 spiro atoms. The van der Waals surface area contributed by atoms with Crippen molar-refractivity contribution in [2.45, 2.75) is 13.0 Å². The predicted molar refractivity (Wildman–Crippen MR) is 69.4 cm³/mol. The third-order valence-corrected chi connectivity index (χ3v) is 3.21. The number of hydrogen-bond acceptors (Lipinski definition) is 1. The summed E-state index contributed by atoms with van der Waals surface area (Å²) in [5.74, 6) is 0.520. The third kappa shape index (κ3) is 1.62. The van der Waals surface area contributed by atoms with Gasteiger partial charge in [-0.05, 0) is 18.1 Å². The molecule has 2 nitrogen and oxygen atoms in total. The summed E-state index contributed by atoms with van der Waals surface area (Å²) in [6.45, 7) is 2.09. The molecule has 84 valence electrons. The van der Waals surface area contributed by atoms with Crippen LogP contribution in [0, 0.1) is 12.3 Å². The Hall–Kier alpha value is -2.09. The van der Waals surface area contributed by atoms with Crippen molar-refractivity contribution in [2.75, 3.05) is 0 Å². The van der Waals surface area contributed by atoms with Crippen LogP contribution in [0.4, 0.5) is 0 Å². The second kappa shape index (κ2) is 3.74. The molecule has 1 unspecified atom stereocenters. The molecule has 1 atom stereocenters. The van der Waals surface area contributed by atoms with Gasteiger partial charge in [-0.15, -0.1) is 0 Å². The number of hydrogen-bond donors (Lipinski definition) is 2. The van der Waals surface area contributed by atoms with Crippen LogP contribution in [0.3, 0.4) is 0 Å². The zero-order valence-corrected chi connectivity index (χ0v) is 9.70. The van der Waals surface area contributed by atoms with E-state index >= 15 is 0 Å². The molecule has 0 saturated heterocycles. The first kappa shape index (κ1) is 10.1. The van der Waals surface area contributed by atoms with Gasteiger partial charge in [-0.2, -0.15) is 0 Å². The maximum Gasteiger partial charge on any atom is 0.126 e. The topological polar surface area (TPSA) is 35.9 Å². The lowest BCUT2D eigenvalue weighted by Gasteiger charge is -2.13. The van der Waals surface area contributed by atoms with Crippen LogP contribution < -0.4 is 5.32 Å². The summed E-state index contributed by atoms with van der Waals surface area (Å²) in [7, 11) is 0. The normalized spacial score (nSPS) is 17.7. The first-order valence-corrected chi connectivity index (χ1v) is 5.76. The molecule has 0 amide bonds. The number of nitrogens with one attached hydrogen (secondary N) is 2. The summed E-state index contributed by atoms with van der Waals surface area (Å²) < 4.78 is 0. The molecule has 3 rings (SSSR count). The fraction of sp³-hybridized carbons (Fsp3) is 0.133. The Morgan fingerprint density at radius 2 is 1.88 bits per heavy atom. The van der Waals surface area contributed by atoms with Crippen molar-refractivity contribution in [3.05, 3.63) is 70.8 Å². The molecule has 2 aromatic rings. The van der Waals surface area contributed by atoms with E-state index < -0.39 is 0 Å². The monoisotopic (exact) mass is 222 g/mol. The molecule has 0 aromatic heterocycles. The van der Waals surface area contributed by atoms with Crippen molar-refractivity contribution in [3.63, 3.8) is 0 Å². The zero-order chi connectivity index (χ0) is 11.8. The summed E-state index contributed by atoms with van der Waals surface area (Å²) in [5.41, 5.74) is 4.68. The van der Waals surface area contributed by atoms with Crippen LogP contribution in [0.2, 0.25) is 0 Å². The van der Waals surface area contributed by atoms with Crippen molar-refractivity contribution in [1.82, 2.24) is 5.32 Å². The van der Waals surface area contributed by atoms with Gasteiger partial charge in [0.05, 0.1) is 6.04 Å². The van der Waals surface area contributed by atoms with Crippen LogP contribution in [0.1, 0.15) is 28.3 Å². The average Bonchev–Trinajstić information content (AvgIpc) is 2.68. The Kier molecular flexibility index (Phi) is 2.22. The van der Waals surface area contributed by atoms with E-state index in [0.717, 1.165) is 5.56 Å². The summed E-state index contributed by atoms with van der Waals surface area (Å²) in [6, 6.07) is 16.7. The van der Waals surface area contributed by atoms with Gasteiger partial charge < -0.3 is 5.32 Å². The van der Waals surface area contributed by atoms with Gasteiger partial charge in [-0.3, -0.25) is 5.41 Å². The van der Waals surface area contributed by atoms with E-state index in [-0.39, 0.29) is 6.04 Å². The molecule has 1 aliphatic rings. The van der Waals surface area contributed by atoms with Gasteiger partial charge in [0.1, 0.15) is 5.84 Å². The van der Waals surface area contributed by atoms with Gasteiger partial charge in [0.2, 0.25) is 0 Å². The van der Waals surface area contributed by atoms with Crippen molar-refractivity contribution >= 4 is 5.84 Å². The molecule has 0 fully saturated rings. The fourth-order valence-electron chi connectivity index (χ4n) is 2.39. The number of rotatable bonds is 1. The first-order chi connectivity index (χ1) is 8.25. The lowest BCUT2D eigenvalue weighted by atomic mass is 9.97. The number of fused-ring (bicyclic) bond motifs is 1. The highest BCUT2D eigenvalue weighted by molar-refractivity contribution is 6.01. The Balaban J connectivity index is 2.10. The van der Waals surface area contributed by atoms with Crippen LogP contribution >= 0.6 is 0 Å². The van der Waals surface area contributed by atoms with Crippen molar-refractivity contribution in [3.8, 4) is 0 Å². The molecule has 2 N–H and O–H groups in total. The quantitative estimate of drug-likeness (QED) is 0.764.